The molecule has 1 saturated heterocycles. The highest BCUT2D eigenvalue weighted by molar-refractivity contribution is 7.92. The van der Waals surface area contributed by atoms with Gasteiger partial charge in [0.2, 0.25) is 0 Å². The molecule has 1 aromatic carbocycles. The highest BCUT2D eigenvalue weighted by Gasteiger charge is 2.52. The van der Waals surface area contributed by atoms with Gasteiger partial charge in [0.05, 0.1) is 0 Å². The molecule has 0 aromatic heterocycles. The Morgan fingerprint density at radius 2 is 1.75 bits per heavy atom. The third kappa shape index (κ3) is 5.57. The van der Waals surface area contributed by atoms with Crippen molar-refractivity contribution < 1.29 is 51.1 Å². The van der Waals surface area contributed by atoms with E-state index in [2.05, 4.69) is 0 Å². The largest absolute Gasteiger partial charge is 0.486 e. The second-order valence-corrected chi connectivity index (χ2v) is 11.5. The van der Waals surface area contributed by atoms with Gasteiger partial charge in [-0.2, -0.15) is 13.2 Å². The topological polar surface area (TPSA) is 123 Å². The molecule has 0 bridgehead atoms. The molecule has 1 aromatic rings. The number of ether oxygens (including phenoxy) is 3. The fourth-order valence-corrected chi connectivity index (χ4v) is 6.29. The first-order valence-corrected chi connectivity index (χ1v) is 13.3. The summed E-state index contributed by atoms with van der Waals surface area (Å²) in [5.41, 5.74) is -1.35. The number of aliphatic hydroxyl groups excluding tert-OH is 3. The van der Waals surface area contributed by atoms with Gasteiger partial charge in [0.25, 0.3) is 0 Å². The van der Waals surface area contributed by atoms with E-state index in [1.807, 2.05) is 31.2 Å². The number of allylic oxidation sites excluding steroid dienone is 2. The minimum absolute atomic E-state index is 0.312. The molecule has 1 fully saturated rings. The Morgan fingerprint density at radius 3 is 2.36 bits per heavy atom. The molecule has 2 aliphatic heterocycles. The molecular formula is C24H29F3O8S. The van der Waals surface area contributed by atoms with Crippen LogP contribution in [0.2, 0.25) is 0 Å². The quantitative estimate of drug-likeness (QED) is 0.507. The SMILES string of the molecule is CCC1(Cc2ccc3c(c2)OCCO3)C=CC([C@@H]2OC(S(=O)(=O)CC(F)(F)F)[C@@H](O)[C@H](O)[C@H]2O)=CC1. The number of hydrogen-bond acceptors (Lipinski definition) is 8. The molecule has 8 nitrogen and oxygen atoms in total. The van der Waals surface area contributed by atoms with Crippen LogP contribution in [0.4, 0.5) is 13.2 Å². The summed E-state index contributed by atoms with van der Waals surface area (Å²) >= 11 is 0. The molecule has 3 N–H and O–H groups in total. The molecule has 0 saturated carbocycles. The first-order valence-electron chi connectivity index (χ1n) is 11.6. The van der Waals surface area contributed by atoms with Crippen molar-refractivity contribution in [1.29, 1.82) is 0 Å². The molecule has 2 unspecified atom stereocenters. The van der Waals surface area contributed by atoms with Gasteiger partial charge in [0.1, 0.15) is 43.4 Å². The van der Waals surface area contributed by atoms with Crippen molar-refractivity contribution in [1.82, 2.24) is 0 Å². The summed E-state index contributed by atoms with van der Waals surface area (Å²) in [5, 5.41) is 30.8. The van der Waals surface area contributed by atoms with Gasteiger partial charge < -0.3 is 29.5 Å². The summed E-state index contributed by atoms with van der Waals surface area (Å²) in [6.45, 7) is 2.96. The summed E-state index contributed by atoms with van der Waals surface area (Å²) < 4.78 is 79.5. The number of benzene rings is 1. The smallest absolute Gasteiger partial charge is 0.402 e. The maximum Gasteiger partial charge on any atom is 0.402 e. The van der Waals surface area contributed by atoms with Crippen LogP contribution < -0.4 is 9.47 Å². The van der Waals surface area contributed by atoms with Crippen LogP contribution in [0.15, 0.2) is 42.0 Å². The lowest BCUT2D eigenvalue weighted by Crippen LogP contribution is -2.60. The zero-order chi connectivity index (χ0) is 26.3. The van der Waals surface area contributed by atoms with Gasteiger partial charge in [0, 0.05) is 0 Å². The van der Waals surface area contributed by atoms with Gasteiger partial charge >= 0.3 is 6.18 Å². The van der Waals surface area contributed by atoms with Crippen LogP contribution >= 0.6 is 0 Å². The number of rotatable bonds is 6. The Bertz CT molecular complexity index is 1130. The number of aliphatic hydroxyl groups is 3. The maximum absolute atomic E-state index is 12.8. The summed E-state index contributed by atoms with van der Waals surface area (Å²) in [5.74, 6) is -0.879. The molecular weight excluding hydrogens is 505 g/mol. The van der Waals surface area contributed by atoms with Crippen molar-refractivity contribution in [3.8, 4) is 11.5 Å². The molecule has 0 spiro atoms. The molecule has 1 aliphatic carbocycles. The number of hydrogen-bond donors (Lipinski definition) is 3. The Morgan fingerprint density at radius 1 is 1.06 bits per heavy atom. The molecule has 6 atom stereocenters. The van der Waals surface area contributed by atoms with E-state index in [0.29, 0.717) is 43.1 Å². The predicted octanol–water partition coefficient (Wildman–Crippen LogP) is 2.07. The van der Waals surface area contributed by atoms with E-state index in [4.69, 9.17) is 14.2 Å². The number of fused-ring (bicyclic) bond motifs is 1. The fraction of sp³-hybridized carbons (Fsp3) is 0.583. The minimum atomic E-state index is -5.06. The standard InChI is InChI=1S/C24H29F3O8S/c1-2-23(12-14-3-4-16-17(11-14)34-10-9-33-16)7-5-15(6-8-23)21-19(29)18(28)20(30)22(35-21)36(31,32)13-24(25,26)27/h3-7,11,18-22,28-30H,2,8-10,12-13H2,1H3/t18-,19-,20+,21+,22?,23?/m1/s1. The maximum atomic E-state index is 12.8. The Kier molecular flexibility index (Phi) is 7.46. The molecule has 2 heterocycles. The summed E-state index contributed by atoms with van der Waals surface area (Å²) in [6, 6.07) is 5.71. The van der Waals surface area contributed by atoms with Crippen LogP contribution in [0.5, 0.6) is 11.5 Å². The average Bonchev–Trinajstić information content (AvgIpc) is 2.81. The molecule has 0 amide bonds. The molecule has 3 aliphatic rings. The van der Waals surface area contributed by atoms with Crippen LogP contribution in [-0.4, -0.2) is 78.7 Å². The summed E-state index contributed by atoms with van der Waals surface area (Å²) in [7, 11) is -5.04. The van der Waals surface area contributed by atoms with Gasteiger partial charge in [0.15, 0.2) is 26.8 Å². The first-order chi connectivity index (χ1) is 16.8. The van der Waals surface area contributed by atoms with Crippen molar-refractivity contribution >= 4 is 9.84 Å². The third-order valence-electron chi connectivity index (χ3n) is 6.86. The van der Waals surface area contributed by atoms with Crippen LogP contribution in [0.3, 0.4) is 0 Å². The van der Waals surface area contributed by atoms with Crippen molar-refractivity contribution in [2.24, 2.45) is 5.41 Å². The van der Waals surface area contributed by atoms with Gasteiger partial charge in [-0.3, -0.25) is 0 Å². The van der Waals surface area contributed by atoms with Crippen molar-refractivity contribution in [2.45, 2.75) is 62.2 Å². The number of alkyl halides is 3. The van der Waals surface area contributed by atoms with Gasteiger partial charge in [-0.15, -0.1) is 0 Å². The lowest BCUT2D eigenvalue weighted by Gasteiger charge is -2.42. The Hall–Kier alpha value is -2.12. The van der Waals surface area contributed by atoms with Crippen LogP contribution in [0, 0.1) is 5.41 Å². The number of halogens is 3. The second-order valence-electron chi connectivity index (χ2n) is 9.43. The summed E-state index contributed by atoms with van der Waals surface area (Å²) in [6.07, 6.45) is -5.40. The van der Waals surface area contributed by atoms with E-state index in [1.54, 1.807) is 12.2 Å². The van der Waals surface area contributed by atoms with E-state index in [0.717, 1.165) is 12.0 Å². The predicted molar refractivity (Wildman–Crippen MR) is 122 cm³/mol. The normalized spacial score (nSPS) is 32.8. The van der Waals surface area contributed by atoms with E-state index < -0.39 is 51.6 Å². The van der Waals surface area contributed by atoms with E-state index in [-0.39, 0.29) is 5.41 Å². The van der Waals surface area contributed by atoms with E-state index in [1.165, 1.54) is 0 Å². The zero-order valence-corrected chi connectivity index (χ0v) is 20.3. The second kappa shape index (κ2) is 9.97. The highest BCUT2D eigenvalue weighted by Crippen LogP contribution is 2.41. The Balaban J connectivity index is 1.52. The number of sulfone groups is 1. The molecule has 4 rings (SSSR count). The molecule has 36 heavy (non-hydrogen) atoms. The Labute approximate surface area is 206 Å². The highest BCUT2D eigenvalue weighted by atomic mass is 32.2. The van der Waals surface area contributed by atoms with Crippen LogP contribution in [0.25, 0.3) is 0 Å². The molecule has 0 radical (unpaired) electrons. The van der Waals surface area contributed by atoms with E-state index in [9.17, 15) is 36.9 Å². The van der Waals surface area contributed by atoms with Crippen molar-refractivity contribution in [2.75, 3.05) is 19.0 Å². The first kappa shape index (κ1) is 26.9. The average molecular weight is 535 g/mol. The third-order valence-corrected chi connectivity index (χ3v) is 8.68. The lowest BCUT2D eigenvalue weighted by atomic mass is 9.72. The van der Waals surface area contributed by atoms with Gasteiger partial charge in [-0.1, -0.05) is 31.2 Å². The molecule has 200 valence electrons. The van der Waals surface area contributed by atoms with Gasteiger partial charge in [-0.25, -0.2) is 8.42 Å². The van der Waals surface area contributed by atoms with Crippen molar-refractivity contribution in [3.63, 3.8) is 0 Å². The lowest BCUT2D eigenvalue weighted by molar-refractivity contribution is -0.189. The zero-order valence-electron chi connectivity index (χ0n) is 19.5. The minimum Gasteiger partial charge on any atom is -0.486 e. The van der Waals surface area contributed by atoms with E-state index >= 15 is 0 Å². The fourth-order valence-electron chi connectivity index (χ4n) is 4.79. The summed E-state index contributed by atoms with van der Waals surface area (Å²) in [4.78, 5) is 0. The molecule has 12 heteroatoms. The van der Waals surface area contributed by atoms with Gasteiger partial charge in [-0.05, 0) is 47.9 Å². The van der Waals surface area contributed by atoms with Crippen molar-refractivity contribution in [3.05, 3.63) is 47.6 Å². The van der Waals surface area contributed by atoms with Crippen LogP contribution in [0.1, 0.15) is 25.3 Å². The monoisotopic (exact) mass is 534 g/mol. The van der Waals surface area contributed by atoms with Crippen LogP contribution in [-0.2, 0) is 21.0 Å².